The quantitative estimate of drug-likeness (QED) is 0.610. The Morgan fingerprint density at radius 3 is 3.00 bits per heavy atom. The van der Waals surface area contributed by atoms with Gasteiger partial charge in [-0.15, -0.1) is 0 Å². The summed E-state index contributed by atoms with van der Waals surface area (Å²) < 4.78 is 7.69. The first-order valence-corrected chi connectivity index (χ1v) is 4.70. The Morgan fingerprint density at radius 2 is 2.31 bits per heavy atom. The largest absolute Gasteiger partial charge is 0.477 e. The highest BCUT2D eigenvalue weighted by Gasteiger charge is 2.29. The molecule has 3 heteroatoms. The number of nitrogens with zero attached hydrogens (tertiary/aromatic N) is 2. The fourth-order valence-electron chi connectivity index (χ4n) is 1.57. The Balaban J connectivity index is 2.18. The van der Waals surface area contributed by atoms with E-state index < -0.39 is 0 Å². The summed E-state index contributed by atoms with van der Waals surface area (Å²) in [4.78, 5) is 4.06. The van der Waals surface area contributed by atoms with Crippen LogP contribution in [0.2, 0.25) is 0 Å². The summed E-state index contributed by atoms with van der Waals surface area (Å²) in [7, 11) is 0. The third-order valence-corrected chi connectivity index (χ3v) is 2.75. The number of aromatic nitrogens is 2. The van der Waals surface area contributed by atoms with E-state index >= 15 is 0 Å². The average molecular weight is 180 g/mol. The average Bonchev–Trinajstić information content (AvgIpc) is 2.47. The minimum absolute atomic E-state index is 0.307. The lowest BCUT2D eigenvalue weighted by molar-refractivity contribution is 0.0908. The minimum Gasteiger partial charge on any atom is -0.477 e. The van der Waals surface area contributed by atoms with E-state index in [4.69, 9.17) is 4.74 Å². The normalized spacial score (nSPS) is 22.2. The molecule has 1 aliphatic heterocycles. The van der Waals surface area contributed by atoms with Crippen LogP contribution >= 0.6 is 0 Å². The van der Waals surface area contributed by atoms with Crippen LogP contribution in [0.1, 0.15) is 20.8 Å². The van der Waals surface area contributed by atoms with Gasteiger partial charge in [-0.25, -0.2) is 4.98 Å². The Hall–Kier alpha value is -0.990. The molecule has 0 amide bonds. The number of fused-ring (bicyclic) bond motifs is 1. The van der Waals surface area contributed by atoms with Crippen LogP contribution in [-0.2, 0) is 6.54 Å². The minimum atomic E-state index is 0.307. The highest BCUT2D eigenvalue weighted by molar-refractivity contribution is 5.08. The lowest BCUT2D eigenvalue weighted by atomic mass is 9.81. The summed E-state index contributed by atoms with van der Waals surface area (Å²) in [5.74, 6) is 1.48. The second-order valence-corrected chi connectivity index (χ2v) is 4.76. The van der Waals surface area contributed by atoms with Crippen molar-refractivity contribution in [3.05, 3.63) is 12.5 Å². The summed E-state index contributed by atoms with van der Waals surface area (Å²) in [6, 6.07) is 0. The third-order valence-electron chi connectivity index (χ3n) is 2.75. The second-order valence-electron chi connectivity index (χ2n) is 4.76. The van der Waals surface area contributed by atoms with E-state index in [1.54, 1.807) is 6.20 Å². The summed E-state index contributed by atoms with van der Waals surface area (Å²) in [6.45, 7) is 8.60. The molecule has 13 heavy (non-hydrogen) atoms. The van der Waals surface area contributed by atoms with Crippen LogP contribution in [0, 0.1) is 11.3 Å². The Bertz CT molecular complexity index is 298. The molecule has 0 saturated carbocycles. The molecule has 72 valence electrons. The van der Waals surface area contributed by atoms with Crippen LogP contribution in [-0.4, -0.2) is 16.2 Å². The van der Waals surface area contributed by atoms with Crippen molar-refractivity contribution in [2.24, 2.45) is 11.3 Å². The van der Waals surface area contributed by atoms with Crippen molar-refractivity contribution < 1.29 is 4.74 Å². The highest BCUT2D eigenvalue weighted by atomic mass is 16.5. The molecule has 1 aromatic heterocycles. The van der Waals surface area contributed by atoms with Gasteiger partial charge in [-0.2, -0.15) is 0 Å². The predicted octanol–water partition coefficient (Wildman–Crippen LogP) is 1.94. The molecule has 0 bridgehead atoms. The van der Waals surface area contributed by atoms with Crippen LogP contribution < -0.4 is 4.74 Å². The fourth-order valence-corrected chi connectivity index (χ4v) is 1.57. The van der Waals surface area contributed by atoms with Gasteiger partial charge in [0, 0.05) is 12.5 Å². The smallest absolute Gasteiger partial charge is 0.213 e. The summed E-state index contributed by atoms with van der Waals surface area (Å²) >= 11 is 0. The number of hydrogen-bond acceptors (Lipinski definition) is 2. The van der Waals surface area contributed by atoms with Crippen LogP contribution in [0.5, 0.6) is 5.88 Å². The molecule has 0 saturated heterocycles. The molecule has 0 N–H and O–H groups in total. The van der Waals surface area contributed by atoms with Crippen LogP contribution in [0.15, 0.2) is 12.5 Å². The molecule has 1 aromatic rings. The van der Waals surface area contributed by atoms with Crippen LogP contribution in [0.3, 0.4) is 0 Å². The molecule has 2 rings (SSSR count). The van der Waals surface area contributed by atoms with E-state index in [0.717, 1.165) is 19.0 Å². The lowest BCUT2D eigenvalue weighted by Crippen LogP contribution is -2.34. The van der Waals surface area contributed by atoms with E-state index in [1.807, 2.05) is 6.33 Å². The number of hydrogen-bond donors (Lipinski definition) is 0. The zero-order chi connectivity index (χ0) is 9.47. The van der Waals surface area contributed by atoms with Gasteiger partial charge in [-0.1, -0.05) is 20.8 Å². The van der Waals surface area contributed by atoms with Crippen molar-refractivity contribution >= 4 is 0 Å². The number of imidazole rings is 1. The maximum Gasteiger partial charge on any atom is 0.213 e. The van der Waals surface area contributed by atoms with E-state index in [2.05, 4.69) is 30.3 Å². The first-order chi connectivity index (χ1) is 6.07. The number of rotatable bonds is 0. The monoisotopic (exact) mass is 180 g/mol. The summed E-state index contributed by atoms with van der Waals surface area (Å²) in [5, 5.41) is 0. The van der Waals surface area contributed by atoms with Gasteiger partial charge in [-0.05, 0) is 5.41 Å². The molecule has 0 radical (unpaired) electrons. The number of ether oxygens (including phenoxy) is 1. The van der Waals surface area contributed by atoms with Gasteiger partial charge < -0.3 is 9.30 Å². The van der Waals surface area contributed by atoms with Crippen molar-refractivity contribution in [3.8, 4) is 5.88 Å². The van der Waals surface area contributed by atoms with Crippen molar-refractivity contribution in [1.29, 1.82) is 0 Å². The van der Waals surface area contributed by atoms with E-state index in [0.29, 0.717) is 11.3 Å². The van der Waals surface area contributed by atoms with Gasteiger partial charge in [-0.3, -0.25) is 0 Å². The fraction of sp³-hybridized carbons (Fsp3) is 0.700. The maximum absolute atomic E-state index is 5.60. The van der Waals surface area contributed by atoms with E-state index in [1.165, 1.54) is 0 Å². The topological polar surface area (TPSA) is 27.1 Å². The zero-order valence-corrected chi connectivity index (χ0v) is 8.45. The molecular weight excluding hydrogens is 164 g/mol. The van der Waals surface area contributed by atoms with Crippen molar-refractivity contribution in [2.75, 3.05) is 6.61 Å². The standard InChI is InChI=1S/C10H16N2O/c1-10(2,3)8-5-12-7-11-4-9(12)13-6-8/h4,7-8H,5-6H2,1-3H3. The molecule has 0 aliphatic carbocycles. The molecule has 1 unspecified atom stereocenters. The van der Waals surface area contributed by atoms with Crippen molar-refractivity contribution in [2.45, 2.75) is 27.3 Å². The highest BCUT2D eigenvalue weighted by Crippen LogP contribution is 2.32. The van der Waals surface area contributed by atoms with Crippen LogP contribution in [0.4, 0.5) is 0 Å². The first kappa shape index (κ1) is 8.60. The van der Waals surface area contributed by atoms with Gasteiger partial charge in [0.15, 0.2) is 0 Å². The molecular formula is C10H16N2O. The van der Waals surface area contributed by atoms with Gasteiger partial charge in [0.25, 0.3) is 0 Å². The first-order valence-electron chi connectivity index (χ1n) is 4.70. The van der Waals surface area contributed by atoms with Gasteiger partial charge in [0.2, 0.25) is 5.88 Å². The maximum atomic E-state index is 5.60. The SMILES string of the molecule is CC(C)(C)C1COc2cncn2C1. The predicted molar refractivity (Wildman–Crippen MR) is 50.7 cm³/mol. The molecule has 3 nitrogen and oxygen atoms in total. The van der Waals surface area contributed by atoms with Gasteiger partial charge >= 0.3 is 0 Å². The van der Waals surface area contributed by atoms with Crippen LogP contribution in [0.25, 0.3) is 0 Å². The van der Waals surface area contributed by atoms with Gasteiger partial charge in [0.1, 0.15) is 0 Å². The molecule has 1 atom stereocenters. The van der Waals surface area contributed by atoms with E-state index in [-0.39, 0.29) is 0 Å². The summed E-state index contributed by atoms with van der Waals surface area (Å²) in [5.41, 5.74) is 0.307. The lowest BCUT2D eigenvalue weighted by Gasteiger charge is -2.34. The molecule has 1 aliphatic rings. The molecule has 0 aromatic carbocycles. The Morgan fingerprint density at radius 1 is 1.54 bits per heavy atom. The molecule has 2 heterocycles. The van der Waals surface area contributed by atoms with E-state index in [9.17, 15) is 0 Å². The summed E-state index contributed by atoms with van der Waals surface area (Å²) in [6.07, 6.45) is 3.62. The zero-order valence-electron chi connectivity index (χ0n) is 8.45. The van der Waals surface area contributed by atoms with Crippen molar-refractivity contribution in [1.82, 2.24) is 9.55 Å². The second kappa shape index (κ2) is 2.76. The Labute approximate surface area is 78.7 Å². The van der Waals surface area contributed by atoms with Gasteiger partial charge in [0.05, 0.1) is 19.1 Å². The third kappa shape index (κ3) is 1.55. The van der Waals surface area contributed by atoms with Crippen molar-refractivity contribution in [3.63, 3.8) is 0 Å². The Kier molecular flexibility index (Phi) is 1.82. The molecule has 0 fully saturated rings. The molecule has 0 spiro atoms.